The Balaban J connectivity index is 4.27. The van der Waals surface area contributed by atoms with E-state index in [0.717, 1.165) is 19.3 Å². The van der Waals surface area contributed by atoms with Gasteiger partial charge >= 0.3 is 0 Å². The van der Waals surface area contributed by atoms with Gasteiger partial charge in [0.05, 0.1) is 12.1 Å². The Bertz CT molecular complexity index is 278. The highest BCUT2D eigenvalue weighted by Gasteiger charge is 2.22. The summed E-state index contributed by atoms with van der Waals surface area (Å²) in [4.78, 5) is 11.9. The smallest absolute Gasteiger partial charge is 0.237 e. The maximum absolute atomic E-state index is 11.9. The molecule has 0 saturated carbocycles. The predicted molar refractivity (Wildman–Crippen MR) is 72.6 cm³/mol. The lowest BCUT2D eigenvalue weighted by atomic mass is 10.0. The van der Waals surface area contributed by atoms with Crippen LogP contribution in [0.5, 0.6) is 0 Å². The molecule has 17 heavy (non-hydrogen) atoms. The molecule has 0 bridgehead atoms. The molecule has 1 amide bonds. The van der Waals surface area contributed by atoms with Gasteiger partial charge in [0.2, 0.25) is 5.91 Å². The molecule has 98 valence electrons. The second kappa shape index (κ2) is 7.34. The quantitative estimate of drug-likeness (QED) is 0.667. The Morgan fingerprint density at radius 1 is 1.41 bits per heavy atom. The van der Waals surface area contributed by atoms with Crippen LogP contribution in [-0.4, -0.2) is 23.5 Å². The Kier molecular flexibility index (Phi) is 6.91. The zero-order valence-electron chi connectivity index (χ0n) is 11.8. The second-order valence-corrected chi connectivity index (χ2v) is 5.12. The van der Waals surface area contributed by atoms with Crippen LogP contribution in [0.25, 0.3) is 0 Å². The average Bonchev–Trinajstić information content (AvgIpc) is 2.27. The molecule has 0 fully saturated rings. The van der Waals surface area contributed by atoms with Gasteiger partial charge in [-0.2, -0.15) is 0 Å². The SMILES string of the molecule is C#CC(CCC)NC(C)C(=O)NC(C)(C)CC. The summed E-state index contributed by atoms with van der Waals surface area (Å²) in [6.07, 6.45) is 8.22. The minimum atomic E-state index is -0.256. The van der Waals surface area contributed by atoms with E-state index in [0.29, 0.717) is 0 Å². The highest BCUT2D eigenvalue weighted by Crippen LogP contribution is 2.07. The van der Waals surface area contributed by atoms with Crippen LogP contribution < -0.4 is 10.6 Å². The number of carbonyl (C=O) groups excluding carboxylic acids is 1. The Morgan fingerprint density at radius 3 is 2.41 bits per heavy atom. The summed E-state index contributed by atoms with van der Waals surface area (Å²) in [7, 11) is 0. The van der Waals surface area contributed by atoms with Crippen molar-refractivity contribution >= 4 is 5.91 Å². The number of terminal acetylenes is 1. The lowest BCUT2D eigenvalue weighted by molar-refractivity contribution is -0.124. The van der Waals surface area contributed by atoms with Crippen LogP contribution in [0.2, 0.25) is 0 Å². The molecule has 3 nitrogen and oxygen atoms in total. The highest BCUT2D eigenvalue weighted by atomic mass is 16.2. The molecule has 3 heteroatoms. The predicted octanol–water partition coefficient (Wildman–Crippen LogP) is 2.07. The highest BCUT2D eigenvalue weighted by molar-refractivity contribution is 5.82. The van der Waals surface area contributed by atoms with Crippen LogP contribution in [0.1, 0.15) is 53.9 Å². The number of amides is 1. The summed E-state index contributed by atoms with van der Waals surface area (Å²) in [6.45, 7) is 10.0. The molecule has 2 N–H and O–H groups in total. The van der Waals surface area contributed by atoms with E-state index in [1.165, 1.54) is 0 Å². The van der Waals surface area contributed by atoms with Gasteiger partial charge in [-0.25, -0.2) is 0 Å². The molecule has 0 aromatic carbocycles. The molecule has 2 unspecified atom stereocenters. The molecule has 0 heterocycles. The first kappa shape index (κ1) is 16.0. The van der Waals surface area contributed by atoms with Crippen molar-refractivity contribution in [1.82, 2.24) is 10.6 Å². The van der Waals surface area contributed by atoms with Gasteiger partial charge in [0.1, 0.15) is 0 Å². The van der Waals surface area contributed by atoms with E-state index in [1.807, 2.05) is 20.8 Å². The van der Waals surface area contributed by atoms with Gasteiger partial charge in [0, 0.05) is 5.54 Å². The summed E-state index contributed by atoms with van der Waals surface area (Å²) in [6, 6.07) is -0.279. The molecule has 0 aromatic rings. The van der Waals surface area contributed by atoms with Crippen LogP contribution in [-0.2, 0) is 4.79 Å². The maximum atomic E-state index is 11.9. The Morgan fingerprint density at radius 2 is 2.00 bits per heavy atom. The summed E-state index contributed by atoms with van der Waals surface area (Å²) < 4.78 is 0. The minimum absolute atomic E-state index is 0.00760. The maximum Gasteiger partial charge on any atom is 0.237 e. The van der Waals surface area contributed by atoms with Gasteiger partial charge in [-0.3, -0.25) is 10.1 Å². The van der Waals surface area contributed by atoms with Crippen molar-refractivity contribution in [3.05, 3.63) is 0 Å². The topological polar surface area (TPSA) is 41.1 Å². The van der Waals surface area contributed by atoms with Gasteiger partial charge in [0.15, 0.2) is 0 Å². The van der Waals surface area contributed by atoms with Gasteiger partial charge in [0.25, 0.3) is 0 Å². The molecular weight excluding hydrogens is 212 g/mol. The first-order valence-electron chi connectivity index (χ1n) is 6.40. The Hall–Kier alpha value is -1.01. The van der Waals surface area contributed by atoms with Crippen molar-refractivity contribution in [2.75, 3.05) is 0 Å². The lowest BCUT2D eigenvalue weighted by Gasteiger charge is -2.27. The first-order chi connectivity index (χ1) is 7.86. The molecule has 0 aliphatic heterocycles. The van der Waals surface area contributed by atoms with Crippen LogP contribution in [0, 0.1) is 12.3 Å². The normalized spacial score (nSPS) is 14.8. The third kappa shape index (κ3) is 6.33. The van der Waals surface area contributed by atoms with E-state index in [2.05, 4.69) is 30.4 Å². The molecule has 2 atom stereocenters. The lowest BCUT2D eigenvalue weighted by Crippen LogP contribution is -2.52. The number of hydrogen-bond acceptors (Lipinski definition) is 2. The summed E-state index contributed by atoms with van der Waals surface area (Å²) >= 11 is 0. The largest absolute Gasteiger partial charge is 0.350 e. The molecule has 0 saturated heterocycles. The molecular formula is C14H26N2O. The van der Waals surface area contributed by atoms with E-state index in [9.17, 15) is 4.79 Å². The zero-order valence-corrected chi connectivity index (χ0v) is 11.8. The van der Waals surface area contributed by atoms with Crippen molar-refractivity contribution in [3.63, 3.8) is 0 Å². The molecule has 0 spiro atoms. The van der Waals surface area contributed by atoms with E-state index < -0.39 is 0 Å². The van der Waals surface area contributed by atoms with Crippen LogP contribution in [0.3, 0.4) is 0 Å². The van der Waals surface area contributed by atoms with Crippen LogP contribution in [0.4, 0.5) is 0 Å². The van der Waals surface area contributed by atoms with E-state index in [4.69, 9.17) is 6.42 Å². The number of carbonyl (C=O) groups is 1. The fourth-order valence-electron chi connectivity index (χ4n) is 1.41. The second-order valence-electron chi connectivity index (χ2n) is 5.12. The van der Waals surface area contributed by atoms with Crippen LogP contribution in [0.15, 0.2) is 0 Å². The minimum Gasteiger partial charge on any atom is -0.350 e. The van der Waals surface area contributed by atoms with E-state index in [1.54, 1.807) is 0 Å². The molecule has 0 aliphatic carbocycles. The third-order valence-corrected chi connectivity index (χ3v) is 2.97. The van der Waals surface area contributed by atoms with Crippen molar-refractivity contribution < 1.29 is 4.79 Å². The fourth-order valence-corrected chi connectivity index (χ4v) is 1.41. The molecule has 0 radical (unpaired) electrons. The van der Waals surface area contributed by atoms with E-state index >= 15 is 0 Å². The van der Waals surface area contributed by atoms with Crippen LogP contribution >= 0.6 is 0 Å². The van der Waals surface area contributed by atoms with Gasteiger partial charge in [-0.05, 0) is 33.6 Å². The summed E-state index contributed by atoms with van der Waals surface area (Å²) in [5.41, 5.74) is -0.163. The van der Waals surface area contributed by atoms with Gasteiger partial charge < -0.3 is 5.32 Å². The van der Waals surface area contributed by atoms with Gasteiger partial charge in [-0.1, -0.05) is 26.2 Å². The number of nitrogens with one attached hydrogen (secondary N) is 2. The first-order valence-corrected chi connectivity index (χ1v) is 6.40. The standard InChI is InChI=1S/C14H26N2O/c1-7-10-12(8-2)15-11(4)13(17)16-14(5,6)9-3/h2,11-12,15H,7,9-10H2,1,3-6H3,(H,16,17). The fraction of sp³-hybridized carbons (Fsp3) is 0.786. The van der Waals surface area contributed by atoms with Crippen molar-refractivity contribution in [2.24, 2.45) is 0 Å². The van der Waals surface area contributed by atoms with Crippen molar-refractivity contribution in [3.8, 4) is 12.3 Å². The Labute approximate surface area is 106 Å². The third-order valence-electron chi connectivity index (χ3n) is 2.97. The molecule has 0 rings (SSSR count). The zero-order chi connectivity index (χ0) is 13.5. The summed E-state index contributed by atoms with van der Waals surface area (Å²) in [5, 5.41) is 6.17. The van der Waals surface area contributed by atoms with Crippen molar-refractivity contribution in [2.45, 2.75) is 71.5 Å². The summed E-state index contributed by atoms with van der Waals surface area (Å²) in [5.74, 6) is 2.68. The molecule has 0 aromatic heterocycles. The van der Waals surface area contributed by atoms with E-state index in [-0.39, 0.29) is 23.5 Å². The van der Waals surface area contributed by atoms with Gasteiger partial charge in [-0.15, -0.1) is 6.42 Å². The molecule has 0 aliphatic rings. The average molecular weight is 238 g/mol. The number of rotatable bonds is 7. The number of hydrogen-bond donors (Lipinski definition) is 2. The monoisotopic (exact) mass is 238 g/mol. The van der Waals surface area contributed by atoms with Crippen molar-refractivity contribution in [1.29, 1.82) is 0 Å².